The van der Waals surface area contributed by atoms with Crippen LogP contribution in [0, 0.1) is 0 Å². The van der Waals surface area contributed by atoms with Crippen molar-refractivity contribution in [1.29, 1.82) is 0 Å². The van der Waals surface area contributed by atoms with Gasteiger partial charge in [0.15, 0.2) is 5.54 Å². The van der Waals surface area contributed by atoms with Gasteiger partial charge in [0.1, 0.15) is 11.9 Å². The summed E-state index contributed by atoms with van der Waals surface area (Å²) < 4.78 is 11.5. The van der Waals surface area contributed by atoms with Crippen molar-refractivity contribution in [3.63, 3.8) is 0 Å². The van der Waals surface area contributed by atoms with E-state index < -0.39 is 11.6 Å². The topological polar surface area (TPSA) is 92.2 Å². The van der Waals surface area contributed by atoms with E-state index in [0.29, 0.717) is 42.7 Å². The highest BCUT2D eigenvalue weighted by Gasteiger charge is 2.49. The third-order valence-corrected chi connectivity index (χ3v) is 5.44. The maximum atomic E-state index is 13.1. The van der Waals surface area contributed by atoms with Crippen LogP contribution in [0.2, 0.25) is 5.02 Å². The van der Waals surface area contributed by atoms with Crippen molar-refractivity contribution < 1.29 is 19.4 Å². The van der Waals surface area contributed by atoms with Crippen molar-refractivity contribution >= 4 is 23.4 Å². The van der Waals surface area contributed by atoms with E-state index >= 15 is 0 Å². The summed E-state index contributed by atoms with van der Waals surface area (Å²) in [5.74, 6) is 0.794. The van der Waals surface area contributed by atoms with Gasteiger partial charge in [0, 0.05) is 36.6 Å². The minimum atomic E-state index is -1.12. The summed E-state index contributed by atoms with van der Waals surface area (Å²) in [4.78, 5) is 17.8. The van der Waals surface area contributed by atoms with Crippen LogP contribution in [0.4, 0.5) is 0 Å². The minimum Gasteiger partial charge on any atom is -0.494 e. The van der Waals surface area contributed by atoms with Gasteiger partial charge in [-0.1, -0.05) is 29.8 Å². The maximum Gasteiger partial charge on any atom is 0.266 e. The lowest BCUT2D eigenvalue weighted by molar-refractivity contribution is -0.129. The predicted molar refractivity (Wildman–Crippen MR) is 125 cm³/mol. The fraction of sp³-hybridized carbons (Fsp3) is 0.333. The fourth-order valence-electron chi connectivity index (χ4n) is 3.34. The molecule has 2 atom stereocenters. The molecule has 1 aliphatic heterocycles. The van der Waals surface area contributed by atoms with Crippen LogP contribution < -0.4 is 15.6 Å². The summed E-state index contributed by atoms with van der Waals surface area (Å²) in [5, 5.41) is 9.51. The first kappa shape index (κ1) is 23.8. The Balaban J connectivity index is 1.69. The Hall–Kier alpha value is -2.87. The molecule has 0 spiro atoms. The summed E-state index contributed by atoms with van der Waals surface area (Å²) >= 11 is 5.91. The summed E-state index contributed by atoms with van der Waals surface area (Å²) in [6.07, 6.45) is 2.09. The van der Waals surface area contributed by atoms with Gasteiger partial charge in [-0.05, 0) is 48.9 Å². The first-order valence-electron chi connectivity index (χ1n) is 10.5. The molecule has 0 fully saturated rings. The number of hydrazine groups is 1. The summed E-state index contributed by atoms with van der Waals surface area (Å²) in [6.45, 7) is 6.59. The molecule has 0 saturated heterocycles. The number of aliphatic imine (C=N–C) groups is 1. The van der Waals surface area contributed by atoms with Gasteiger partial charge in [-0.15, -0.1) is 6.58 Å². The standard InChI is InChI=1S/C24H28ClN3O4/c1-3-13-24(23(30)28-26-16-18-5-9-20(25)10-6-18)17(2)32-22(27-24)19-7-11-21(12-8-19)31-15-4-14-29/h3,5-12,17,26,29H,1,4,13-16H2,2H3,(H,28,30)/t17-,24-/m0/s1. The number of nitrogens with one attached hydrogen (secondary N) is 2. The number of aliphatic hydroxyl groups excluding tert-OH is 1. The lowest BCUT2D eigenvalue weighted by Crippen LogP contribution is -2.54. The van der Waals surface area contributed by atoms with Crippen LogP contribution in [0.15, 0.2) is 66.2 Å². The molecule has 170 valence electrons. The van der Waals surface area contributed by atoms with Crippen molar-refractivity contribution in [2.45, 2.75) is 38.0 Å². The average molecular weight is 458 g/mol. The maximum absolute atomic E-state index is 13.1. The Kier molecular flexibility index (Phi) is 8.27. The molecule has 3 rings (SSSR count). The first-order chi connectivity index (χ1) is 15.5. The Morgan fingerprint density at radius 1 is 1.28 bits per heavy atom. The molecule has 1 amide bonds. The van der Waals surface area contributed by atoms with Gasteiger partial charge in [0.05, 0.1) is 6.61 Å². The number of rotatable bonds is 11. The monoisotopic (exact) mass is 457 g/mol. The quantitative estimate of drug-likeness (QED) is 0.273. The SMILES string of the molecule is C=CC[C@]1(C(=O)NNCc2ccc(Cl)cc2)N=C(c2ccc(OCCCO)cc2)O[C@H]1C. The van der Waals surface area contributed by atoms with Crippen molar-refractivity contribution in [2.75, 3.05) is 13.2 Å². The lowest BCUT2D eigenvalue weighted by atomic mass is 9.90. The van der Waals surface area contributed by atoms with E-state index in [2.05, 4.69) is 22.4 Å². The molecule has 1 aliphatic rings. The molecule has 0 radical (unpaired) electrons. The minimum absolute atomic E-state index is 0.0859. The highest BCUT2D eigenvalue weighted by molar-refractivity contribution is 6.30. The van der Waals surface area contributed by atoms with E-state index in [9.17, 15) is 4.79 Å². The fourth-order valence-corrected chi connectivity index (χ4v) is 3.47. The predicted octanol–water partition coefficient (Wildman–Crippen LogP) is 3.40. The molecule has 0 aromatic heterocycles. The zero-order chi connectivity index (χ0) is 23.0. The van der Waals surface area contributed by atoms with Crippen LogP contribution in [0.5, 0.6) is 5.75 Å². The summed E-state index contributed by atoms with van der Waals surface area (Å²) in [6, 6.07) is 14.7. The van der Waals surface area contributed by atoms with Gasteiger partial charge in [-0.2, -0.15) is 0 Å². The molecule has 2 aromatic carbocycles. The molecular formula is C24H28ClN3O4. The lowest BCUT2D eigenvalue weighted by Gasteiger charge is -2.26. The smallest absolute Gasteiger partial charge is 0.266 e. The van der Waals surface area contributed by atoms with E-state index in [4.69, 9.17) is 26.2 Å². The molecule has 32 heavy (non-hydrogen) atoms. The van der Waals surface area contributed by atoms with Crippen molar-refractivity contribution in [3.05, 3.63) is 77.3 Å². The molecule has 1 heterocycles. The third kappa shape index (κ3) is 5.68. The second-order valence-electron chi connectivity index (χ2n) is 7.48. The molecule has 2 aromatic rings. The van der Waals surface area contributed by atoms with Crippen molar-refractivity contribution in [2.24, 2.45) is 4.99 Å². The molecule has 0 unspecified atom stereocenters. The first-order valence-corrected chi connectivity index (χ1v) is 10.9. The number of carbonyl (C=O) groups excluding carboxylic acids is 1. The van der Waals surface area contributed by atoms with Gasteiger partial charge in [-0.3, -0.25) is 10.2 Å². The van der Waals surface area contributed by atoms with Gasteiger partial charge < -0.3 is 14.6 Å². The third-order valence-electron chi connectivity index (χ3n) is 5.19. The van der Waals surface area contributed by atoms with Crippen LogP contribution in [0.3, 0.4) is 0 Å². The normalized spacial score (nSPS) is 19.7. The van der Waals surface area contributed by atoms with Crippen molar-refractivity contribution in [3.8, 4) is 5.75 Å². The summed E-state index contributed by atoms with van der Waals surface area (Å²) in [5.41, 5.74) is 6.31. The number of carbonyl (C=O) groups is 1. The van der Waals surface area contributed by atoms with E-state index in [-0.39, 0.29) is 12.5 Å². The van der Waals surface area contributed by atoms with Crippen LogP contribution >= 0.6 is 11.6 Å². The van der Waals surface area contributed by atoms with Gasteiger partial charge in [0.25, 0.3) is 5.91 Å². The average Bonchev–Trinajstić information content (AvgIpc) is 3.13. The van der Waals surface area contributed by atoms with Crippen LogP contribution in [-0.2, 0) is 16.1 Å². The Bertz CT molecular complexity index is 947. The van der Waals surface area contributed by atoms with Gasteiger partial charge in [0.2, 0.25) is 5.90 Å². The Morgan fingerprint density at radius 3 is 2.66 bits per heavy atom. The molecule has 8 heteroatoms. The summed E-state index contributed by atoms with van der Waals surface area (Å²) in [7, 11) is 0. The number of benzene rings is 2. The largest absolute Gasteiger partial charge is 0.494 e. The number of halogens is 1. The van der Waals surface area contributed by atoms with Crippen LogP contribution in [0.1, 0.15) is 30.9 Å². The molecule has 3 N–H and O–H groups in total. The highest BCUT2D eigenvalue weighted by Crippen LogP contribution is 2.32. The van der Waals surface area contributed by atoms with Gasteiger partial charge >= 0.3 is 0 Å². The highest BCUT2D eigenvalue weighted by atomic mass is 35.5. The molecule has 0 bridgehead atoms. The number of nitrogens with zero attached hydrogens (tertiary/aromatic N) is 1. The zero-order valence-electron chi connectivity index (χ0n) is 18.0. The molecular weight excluding hydrogens is 430 g/mol. The van der Waals surface area contributed by atoms with E-state index in [1.54, 1.807) is 18.2 Å². The molecule has 0 saturated carbocycles. The number of hydrogen-bond acceptors (Lipinski definition) is 6. The van der Waals surface area contributed by atoms with E-state index in [1.807, 2.05) is 43.3 Å². The van der Waals surface area contributed by atoms with E-state index in [0.717, 1.165) is 11.1 Å². The van der Waals surface area contributed by atoms with E-state index in [1.165, 1.54) is 0 Å². The number of ether oxygens (including phenoxy) is 2. The Labute approximate surface area is 193 Å². The number of hydrogen-bond donors (Lipinski definition) is 3. The molecule has 0 aliphatic carbocycles. The van der Waals surface area contributed by atoms with Crippen molar-refractivity contribution in [1.82, 2.24) is 10.9 Å². The second kappa shape index (κ2) is 11.1. The molecule has 7 nitrogen and oxygen atoms in total. The van der Waals surface area contributed by atoms with Gasteiger partial charge in [-0.25, -0.2) is 10.4 Å². The zero-order valence-corrected chi connectivity index (χ0v) is 18.8. The second-order valence-corrected chi connectivity index (χ2v) is 7.91. The number of aliphatic hydroxyl groups is 1. The Morgan fingerprint density at radius 2 is 2.00 bits per heavy atom. The van der Waals surface area contributed by atoms with Crippen LogP contribution in [0.25, 0.3) is 0 Å². The number of amides is 1. The van der Waals surface area contributed by atoms with Crippen LogP contribution in [-0.4, -0.2) is 41.8 Å².